The first kappa shape index (κ1) is 13.9. The second-order valence-corrected chi connectivity index (χ2v) is 5.45. The van der Waals surface area contributed by atoms with E-state index < -0.39 is 0 Å². The zero-order chi connectivity index (χ0) is 12.0. The summed E-state index contributed by atoms with van der Waals surface area (Å²) >= 11 is 11.8. The van der Waals surface area contributed by atoms with Crippen molar-refractivity contribution in [1.82, 2.24) is 10.6 Å². The fourth-order valence-corrected chi connectivity index (χ4v) is 2.91. The van der Waals surface area contributed by atoms with Gasteiger partial charge in [0.25, 0.3) is 5.91 Å². The summed E-state index contributed by atoms with van der Waals surface area (Å²) in [4.78, 5) is 12.0. The molecular weight excluding hydrogens is 295 g/mol. The van der Waals surface area contributed by atoms with E-state index in [4.69, 9.17) is 23.2 Å². The maximum absolute atomic E-state index is 12.0. The summed E-state index contributed by atoms with van der Waals surface area (Å²) in [6.45, 7) is 2.00. The molecule has 1 aliphatic carbocycles. The number of hydrogen-bond donors (Lipinski definition) is 2. The van der Waals surface area contributed by atoms with Crippen molar-refractivity contribution < 1.29 is 4.79 Å². The fraction of sp³-hybridized carbons (Fsp3) is 0.417. The minimum atomic E-state index is -0.128. The third-order valence-corrected chi connectivity index (χ3v) is 4.13. The molecule has 0 aromatic heterocycles. The quantitative estimate of drug-likeness (QED) is 0.881. The van der Waals surface area contributed by atoms with Crippen molar-refractivity contribution in [2.24, 2.45) is 11.8 Å². The number of amides is 1. The summed E-state index contributed by atoms with van der Waals surface area (Å²) in [6, 6.07) is 5.24. The van der Waals surface area contributed by atoms with Gasteiger partial charge in [-0.3, -0.25) is 4.79 Å². The number of hydrogen-bond acceptors (Lipinski definition) is 2. The number of rotatable bonds is 2. The van der Waals surface area contributed by atoms with Gasteiger partial charge < -0.3 is 10.6 Å². The van der Waals surface area contributed by atoms with Crippen LogP contribution in [0, 0.1) is 11.8 Å². The molecule has 1 heterocycles. The Balaban J connectivity index is 0.00000120. The molecule has 3 rings (SSSR count). The number of piperidine rings is 1. The van der Waals surface area contributed by atoms with E-state index in [1.54, 1.807) is 18.2 Å². The van der Waals surface area contributed by atoms with Gasteiger partial charge in [-0.05, 0) is 30.0 Å². The number of carbonyl (C=O) groups excluding carboxylic acids is 1. The third-order valence-electron chi connectivity index (χ3n) is 3.56. The monoisotopic (exact) mass is 306 g/mol. The molecule has 1 saturated carbocycles. The maximum atomic E-state index is 12.0. The van der Waals surface area contributed by atoms with E-state index in [1.165, 1.54) is 0 Å². The molecule has 0 radical (unpaired) electrons. The van der Waals surface area contributed by atoms with Gasteiger partial charge in [-0.25, -0.2) is 0 Å². The number of nitrogens with one attached hydrogen (secondary N) is 2. The molecule has 0 spiro atoms. The molecule has 1 aromatic carbocycles. The SMILES string of the molecule is Cl.O=C(NC1C2CNCC21)c1cc(Cl)ccc1Cl. The lowest BCUT2D eigenvalue weighted by atomic mass is 10.2. The summed E-state index contributed by atoms with van der Waals surface area (Å²) in [7, 11) is 0. The molecule has 6 heteroatoms. The molecule has 2 atom stereocenters. The van der Waals surface area contributed by atoms with Crippen molar-refractivity contribution in [3.8, 4) is 0 Å². The lowest BCUT2D eigenvalue weighted by Crippen LogP contribution is -2.32. The number of carbonyl (C=O) groups is 1. The van der Waals surface area contributed by atoms with Crippen LogP contribution in [0.3, 0.4) is 0 Å². The van der Waals surface area contributed by atoms with Crippen molar-refractivity contribution in [3.05, 3.63) is 33.8 Å². The third kappa shape index (κ3) is 2.45. The van der Waals surface area contributed by atoms with E-state index in [0.29, 0.717) is 33.5 Å². The lowest BCUT2D eigenvalue weighted by Gasteiger charge is -2.09. The molecule has 1 amide bonds. The van der Waals surface area contributed by atoms with Crippen LogP contribution in [0.4, 0.5) is 0 Å². The molecule has 2 unspecified atom stereocenters. The lowest BCUT2D eigenvalue weighted by molar-refractivity contribution is 0.0946. The van der Waals surface area contributed by atoms with Crippen molar-refractivity contribution in [2.75, 3.05) is 13.1 Å². The van der Waals surface area contributed by atoms with Crippen LogP contribution >= 0.6 is 35.6 Å². The average molecular weight is 308 g/mol. The maximum Gasteiger partial charge on any atom is 0.253 e. The van der Waals surface area contributed by atoms with Gasteiger partial charge in [0.15, 0.2) is 0 Å². The Kier molecular flexibility index (Phi) is 4.07. The zero-order valence-corrected chi connectivity index (χ0v) is 11.8. The fourth-order valence-electron chi connectivity index (χ4n) is 2.53. The standard InChI is InChI=1S/C12H12Cl2N2O.ClH/c13-6-1-2-10(14)7(3-6)12(17)16-11-8-4-15-5-9(8)11;/h1-3,8-9,11,15H,4-5H2,(H,16,17);1H. The number of fused-ring (bicyclic) bond motifs is 1. The van der Waals surface area contributed by atoms with E-state index >= 15 is 0 Å². The molecule has 2 N–H and O–H groups in total. The molecule has 3 nitrogen and oxygen atoms in total. The normalized spacial score (nSPS) is 28.2. The van der Waals surface area contributed by atoms with Gasteiger partial charge in [0.05, 0.1) is 10.6 Å². The van der Waals surface area contributed by atoms with Crippen LogP contribution in [0.1, 0.15) is 10.4 Å². The summed E-state index contributed by atoms with van der Waals surface area (Å²) < 4.78 is 0. The largest absolute Gasteiger partial charge is 0.349 e. The molecule has 98 valence electrons. The Labute approximate surface area is 122 Å². The first-order valence-corrected chi connectivity index (χ1v) is 6.39. The molecule has 1 aromatic rings. The Morgan fingerprint density at radius 2 is 1.94 bits per heavy atom. The number of halogens is 3. The Morgan fingerprint density at radius 1 is 1.28 bits per heavy atom. The van der Waals surface area contributed by atoms with E-state index in [-0.39, 0.29) is 18.3 Å². The molecule has 2 aliphatic rings. The highest BCUT2D eigenvalue weighted by molar-refractivity contribution is 6.35. The second kappa shape index (κ2) is 5.25. The summed E-state index contributed by atoms with van der Waals surface area (Å²) in [5, 5.41) is 7.27. The molecule has 18 heavy (non-hydrogen) atoms. The van der Waals surface area contributed by atoms with E-state index in [2.05, 4.69) is 10.6 Å². The van der Waals surface area contributed by atoms with Crippen molar-refractivity contribution in [3.63, 3.8) is 0 Å². The van der Waals surface area contributed by atoms with Gasteiger partial charge >= 0.3 is 0 Å². The van der Waals surface area contributed by atoms with E-state index in [0.717, 1.165) is 13.1 Å². The minimum Gasteiger partial charge on any atom is -0.349 e. The highest BCUT2D eigenvalue weighted by Crippen LogP contribution is 2.41. The van der Waals surface area contributed by atoms with Crippen LogP contribution in [0.25, 0.3) is 0 Å². The summed E-state index contributed by atoms with van der Waals surface area (Å²) in [5.41, 5.74) is 0.456. The predicted octanol–water partition coefficient (Wildman–Crippen LogP) is 2.36. The van der Waals surface area contributed by atoms with Crippen LogP contribution < -0.4 is 10.6 Å². The van der Waals surface area contributed by atoms with Crippen molar-refractivity contribution in [1.29, 1.82) is 0 Å². The molecule has 2 fully saturated rings. The van der Waals surface area contributed by atoms with Gasteiger partial charge in [-0.2, -0.15) is 0 Å². The van der Waals surface area contributed by atoms with Gasteiger partial charge in [0.1, 0.15) is 0 Å². The summed E-state index contributed by atoms with van der Waals surface area (Å²) in [6.07, 6.45) is 0. The van der Waals surface area contributed by atoms with Crippen LogP contribution in [-0.4, -0.2) is 25.0 Å². The minimum absolute atomic E-state index is 0. The van der Waals surface area contributed by atoms with Gasteiger partial charge in [-0.1, -0.05) is 23.2 Å². The Morgan fingerprint density at radius 3 is 2.61 bits per heavy atom. The molecule has 1 aliphatic heterocycles. The van der Waals surface area contributed by atoms with E-state index in [1.807, 2.05) is 0 Å². The van der Waals surface area contributed by atoms with Crippen LogP contribution in [-0.2, 0) is 0 Å². The first-order chi connectivity index (χ1) is 8.16. The van der Waals surface area contributed by atoms with Gasteiger partial charge in [0.2, 0.25) is 0 Å². The van der Waals surface area contributed by atoms with E-state index in [9.17, 15) is 4.79 Å². The van der Waals surface area contributed by atoms with Gasteiger partial charge in [-0.15, -0.1) is 12.4 Å². The average Bonchev–Trinajstić information content (AvgIpc) is 2.76. The zero-order valence-electron chi connectivity index (χ0n) is 9.45. The Bertz CT molecular complexity index is 470. The highest BCUT2D eigenvalue weighted by Gasteiger charge is 2.53. The van der Waals surface area contributed by atoms with Crippen molar-refractivity contribution in [2.45, 2.75) is 6.04 Å². The van der Waals surface area contributed by atoms with Crippen molar-refractivity contribution >= 4 is 41.5 Å². The van der Waals surface area contributed by atoms with Gasteiger partial charge in [0, 0.05) is 24.2 Å². The highest BCUT2D eigenvalue weighted by atomic mass is 35.5. The molecular formula is C12H13Cl3N2O. The van der Waals surface area contributed by atoms with Crippen LogP contribution in [0.15, 0.2) is 18.2 Å². The summed E-state index contributed by atoms with van der Waals surface area (Å²) in [5.74, 6) is 1.06. The van der Waals surface area contributed by atoms with Crippen LogP contribution in [0.5, 0.6) is 0 Å². The predicted molar refractivity (Wildman–Crippen MR) is 74.8 cm³/mol. The number of benzene rings is 1. The second-order valence-electron chi connectivity index (χ2n) is 4.61. The molecule has 0 bridgehead atoms. The smallest absolute Gasteiger partial charge is 0.253 e. The first-order valence-electron chi connectivity index (χ1n) is 5.63. The molecule has 1 saturated heterocycles. The topological polar surface area (TPSA) is 41.1 Å². The Hall–Kier alpha value is -0.480. The van der Waals surface area contributed by atoms with Crippen LogP contribution in [0.2, 0.25) is 10.0 Å².